The van der Waals surface area contributed by atoms with E-state index in [4.69, 9.17) is 11.6 Å². The molecule has 0 aliphatic heterocycles. The number of aromatic hydroxyl groups is 1. The summed E-state index contributed by atoms with van der Waals surface area (Å²) in [6, 6.07) is 14.0. The Morgan fingerprint density at radius 3 is 2.74 bits per heavy atom. The SMILES string of the molecule is Oc1ccc2c(c1)CCC2NCc1ccc(Cl)cc1. The molecule has 0 heterocycles. The minimum atomic E-state index is 0.358. The van der Waals surface area contributed by atoms with E-state index in [1.54, 1.807) is 6.07 Å². The summed E-state index contributed by atoms with van der Waals surface area (Å²) in [5.41, 5.74) is 3.80. The van der Waals surface area contributed by atoms with Crippen LogP contribution in [0.25, 0.3) is 0 Å². The van der Waals surface area contributed by atoms with Gasteiger partial charge >= 0.3 is 0 Å². The van der Waals surface area contributed by atoms with E-state index in [1.807, 2.05) is 36.4 Å². The molecule has 0 aromatic heterocycles. The van der Waals surface area contributed by atoms with Crippen molar-refractivity contribution in [2.75, 3.05) is 0 Å². The fourth-order valence-corrected chi connectivity index (χ4v) is 2.79. The zero-order chi connectivity index (χ0) is 13.2. The first-order chi connectivity index (χ1) is 9.22. The molecular weight excluding hydrogens is 258 g/mol. The number of fused-ring (bicyclic) bond motifs is 1. The van der Waals surface area contributed by atoms with Gasteiger partial charge in [0.15, 0.2) is 0 Å². The number of nitrogens with one attached hydrogen (secondary N) is 1. The topological polar surface area (TPSA) is 32.3 Å². The second-order valence-electron chi connectivity index (χ2n) is 4.98. The summed E-state index contributed by atoms with van der Waals surface area (Å²) in [4.78, 5) is 0. The molecule has 3 heteroatoms. The summed E-state index contributed by atoms with van der Waals surface area (Å²) in [5, 5.41) is 13.8. The van der Waals surface area contributed by atoms with Gasteiger partial charge in [0.2, 0.25) is 0 Å². The van der Waals surface area contributed by atoms with Gasteiger partial charge in [0, 0.05) is 17.6 Å². The second kappa shape index (κ2) is 5.24. The molecule has 2 N–H and O–H groups in total. The van der Waals surface area contributed by atoms with Crippen LogP contribution in [0.4, 0.5) is 0 Å². The average Bonchev–Trinajstić information content (AvgIpc) is 2.80. The van der Waals surface area contributed by atoms with Crippen LogP contribution in [0.1, 0.15) is 29.2 Å². The molecule has 2 aromatic carbocycles. The van der Waals surface area contributed by atoms with Crippen molar-refractivity contribution in [2.24, 2.45) is 0 Å². The molecule has 0 spiro atoms. The zero-order valence-electron chi connectivity index (χ0n) is 10.6. The lowest BCUT2D eigenvalue weighted by Crippen LogP contribution is -2.18. The normalized spacial score (nSPS) is 17.4. The molecule has 1 atom stereocenters. The van der Waals surface area contributed by atoms with E-state index in [9.17, 15) is 5.11 Å². The molecule has 1 aliphatic rings. The molecule has 0 saturated heterocycles. The Bertz CT molecular complexity index is 580. The highest BCUT2D eigenvalue weighted by Gasteiger charge is 2.21. The second-order valence-corrected chi connectivity index (χ2v) is 5.42. The van der Waals surface area contributed by atoms with Gasteiger partial charge in [0.1, 0.15) is 5.75 Å². The lowest BCUT2D eigenvalue weighted by atomic mass is 10.1. The van der Waals surface area contributed by atoms with Crippen LogP contribution in [0.5, 0.6) is 5.75 Å². The van der Waals surface area contributed by atoms with Crippen molar-refractivity contribution in [3.63, 3.8) is 0 Å². The molecule has 0 bridgehead atoms. The molecule has 2 nitrogen and oxygen atoms in total. The highest BCUT2D eigenvalue weighted by atomic mass is 35.5. The van der Waals surface area contributed by atoms with Crippen LogP contribution in [0, 0.1) is 0 Å². The van der Waals surface area contributed by atoms with Gasteiger partial charge in [-0.25, -0.2) is 0 Å². The van der Waals surface area contributed by atoms with Crippen molar-refractivity contribution in [3.05, 3.63) is 64.2 Å². The molecule has 0 amide bonds. The third-order valence-corrected chi connectivity index (χ3v) is 3.92. The maximum Gasteiger partial charge on any atom is 0.115 e. The zero-order valence-corrected chi connectivity index (χ0v) is 11.3. The Morgan fingerprint density at radius 2 is 1.95 bits per heavy atom. The predicted molar refractivity (Wildman–Crippen MR) is 77.5 cm³/mol. The lowest BCUT2D eigenvalue weighted by molar-refractivity contribution is 0.474. The Labute approximate surface area is 118 Å². The Balaban J connectivity index is 1.68. The monoisotopic (exact) mass is 273 g/mol. The summed E-state index contributed by atoms with van der Waals surface area (Å²) < 4.78 is 0. The summed E-state index contributed by atoms with van der Waals surface area (Å²) in [6.45, 7) is 0.835. The van der Waals surface area contributed by atoms with Gasteiger partial charge in [-0.3, -0.25) is 0 Å². The Morgan fingerprint density at radius 1 is 1.16 bits per heavy atom. The van der Waals surface area contributed by atoms with E-state index in [0.29, 0.717) is 11.8 Å². The quantitative estimate of drug-likeness (QED) is 0.891. The highest BCUT2D eigenvalue weighted by Crippen LogP contribution is 2.33. The van der Waals surface area contributed by atoms with Crippen molar-refractivity contribution in [1.82, 2.24) is 5.32 Å². The molecule has 3 rings (SSSR count). The predicted octanol–water partition coefficient (Wildman–Crippen LogP) is 3.82. The first-order valence-electron chi connectivity index (χ1n) is 6.52. The van der Waals surface area contributed by atoms with Crippen LogP contribution in [-0.4, -0.2) is 5.11 Å². The van der Waals surface area contributed by atoms with Gasteiger partial charge < -0.3 is 10.4 Å². The van der Waals surface area contributed by atoms with E-state index in [0.717, 1.165) is 24.4 Å². The Kier molecular flexibility index (Phi) is 3.45. The van der Waals surface area contributed by atoms with Gasteiger partial charge in [0.05, 0.1) is 0 Å². The largest absolute Gasteiger partial charge is 0.508 e. The van der Waals surface area contributed by atoms with Crippen molar-refractivity contribution < 1.29 is 5.11 Å². The number of aryl methyl sites for hydroxylation is 1. The number of hydrogen-bond acceptors (Lipinski definition) is 2. The van der Waals surface area contributed by atoms with Crippen LogP contribution in [0.3, 0.4) is 0 Å². The standard InChI is InChI=1S/C16H16ClNO/c17-13-4-1-11(2-5-13)10-18-16-8-3-12-9-14(19)6-7-15(12)16/h1-2,4-7,9,16,18-19H,3,8,10H2. The first-order valence-corrected chi connectivity index (χ1v) is 6.90. The Hall–Kier alpha value is -1.51. The summed E-state index contributed by atoms with van der Waals surface area (Å²) in [7, 11) is 0. The third-order valence-electron chi connectivity index (χ3n) is 3.67. The molecule has 0 fully saturated rings. The van der Waals surface area contributed by atoms with Crippen LogP contribution in [-0.2, 0) is 13.0 Å². The summed E-state index contributed by atoms with van der Waals surface area (Å²) >= 11 is 5.88. The average molecular weight is 274 g/mol. The molecular formula is C16H16ClNO. The van der Waals surface area contributed by atoms with Gasteiger partial charge in [0.25, 0.3) is 0 Å². The summed E-state index contributed by atoms with van der Waals surface area (Å²) in [6.07, 6.45) is 2.12. The molecule has 19 heavy (non-hydrogen) atoms. The van der Waals surface area contributed by atoms with Gasteiger partial charge in [-0.05, 0) is 53.8 Å². The van der Waals surface area contributed by atoms with Crippen LogP contribution in [0.15, 0.2) is 42.5 Å². The number of phenols is 1. The van der Waals surface area contributed by atoms with Crippen LogP contribution >= 0.6 is 11.6 Å². The summed E-state index contributed by atoms with van der Waals surface area (Å²) in [5.74, 6) is 0.358. The number of hydrogen-bond donors (Lipinski definition) is 2. The van der Waals surface area contributed by atoms with Crippen molar-refractivity contribution in [1.29, 1.82) is 0 Å². The molecule has 1 aliphatic carbocycles. The van der Waals surface area contributed by atoms with Gasteiger partial charge in [-0.15, -0.1) is 0 Å². The van der Waals surface area contributed by atoms with E-state index in [-0.39, 0.29) is 0 Å². The smallest absolute Gasteiger partial charge is 0.115 e. The van der Waals surface area contributed by atoms with Crippen LogP contribution in [0.2, 0.25) is 5.02 Å². The van der Waals surface area contributed by atoms with Gasteiger partial charge in [-0.1, -0.05) is 29.8 Å². The fraction of sp³-hybridized carbons (Fsp3) is 0.250. The third kappa shape index (κ3) is 2.75. The maximum atomic E-state index is 9.48. The van der Waals surface area contributed by atoms with Crippen molar-refractivity contribution in [2.45, 2.75) is 25.4 Å². The maximum absolute atomic E-state index is 9.48. The van der Waals surface area contributed by atoms with Crippen LogP contribution < -0.4 is 5.32 Å². The minimum Gasteiger partial charge on any atom is -0.508 e. The van der Waals surface area contributed by atoms with Crippen molar-refractivity contribution >= 4 is 11.6 Å². The van der Waals surface area contributed by atoms with E-state index < -0.39 is 0 Å². The minimum absolute atomic E-state index is 0.358. The number of benzene rings is 2. The number of halogens is 1. The molecule has 98 valence electrons. The van der Waals surface area contributed by atoms with E-state index in [1.165, 1.54) is 16.7 Å². The molecule has 0 saturated carbocycles. The van der Waals surface area contributed by atoms with Gasteiger partial charge in [-0.2, -0.15) is 0 Å². The number of rotatable bonds is 3. The lowest BCUT2D eigenvalue weighted by Gasteiger charge is -2.14. The van der Waals surface area contributed by atoms with E-state index in [2.05, 4.69) is 5.32 Å². The number of phenolic OH excluding ortho intramolecular Hbond substituents is 1. The molecule has 1 unspecified atom stereocenters. The first kappa shape index (κ1) is 12.5. The highest BCUT2D eigenvalue weighted by molar-refractivity contribution is 6.30. The fourth-order valence-electron chi connectivity index (χ4n) is 2.66. The molecule has 0 radical (unpaired) electrons. The molecule has 2 aromatic rings. The van der Waals surface area contributed by atoms with Crippen molar-refractivity contribution in [3.8, 4) is 5.75 Å². The van der Waals surface area contributed by atoms with E-state index >= 15 is 0 Å².